The van der Waals surface area contributed by atoms with Crippen LogP contribution >= 0.6 is 0 Å². The van der Waals surface area contributed by atoms with Crippen LogP contribution in [0.25, 0.3) is 0 Å². The first-order valence-electron chi connectivity index (χ1n) is 7.37. The maximum Gasteiger partial charge on any atom is -0.0303 e. The minimum absolute atomic E-state index is 0.496. The molecule has 0 heterocycles. The predicted molar refractivity (Wildman–Crippen MR) is 75.8 cm³/mol. The van der Waals surface area contributed by atoms with Gasteiger partial charge in [0.05, 0.1) is 0 Å². The summed E-state index contributed by atoms with van der Waals surface area (Å²) >= 11 is 0. The Morgan fingerprint density at radius 2 is 0.875 bits per heavy atom. The van der Waals surface area contributed by atoms with E-state index in [1.54, 1.807) is 0 Å². The highest BCUT2D eigenvalue weighted by Crippen LogP contribution is 2.45. The summed E-state index contributed by atoms with van der Waals surface area (Å²) in [7, 11) is 0. The molecule has 0 saturated heterocycles. The fourth-order valence-electron chi connectivity index (χ4n) is 2.31. The standard InChI is InChI=1S/C16H34/c1-7-9-11-13-15(3,4)16(5,6)14-12-10-8-2/h7-14H2,1-6H3. The van der Waals surface area contributed by atoms with Crippen LogP contribution < -0.4 is 0 Å². The molecule has 0 radical (unpaired) electrons. The molecule has 0 atom stereocenters. The first kappa shape index (κ1) is 16.0. The highest BCUT2D eigenvalue weighted by molar-refractivity contribution is 4.85. The van der Waals surface area contributed by atoms with Crippen LogP contribution in [0.1, 0.15) is 92.9 Å². The van der Waals surface area contributed by atoms with Gasteiger partial charge in [0.2, 0.25) is 0 Å². The lowest BCUT2D eigenvalue weighted by Gasteiger charge is -2.42. The molecule has 0 saturated carbocycles. The van der Waals surface area contributed by atoms with E-state index in [0.717, 1.165) is 0 Å². The minimum atomic E-state index is 0.496. The van der Waals surface area contributed by atoms with E-state index in [0.29, 0.717) is 10.8 Å². The van der Waals surface area contributed by atoms with Crippen molar-refractivity contribution in [2.24, 2.45) is 10.8 Å². The summed E-state index contributed by atoms with van der Waals surface area (Å²) in [6.07, 6.45) is 11.1. The van der Waals surface area contributed by atoms with Gasteiger partial charge in [0.15, 0.2) is 0 Å². The summed E-state index contributed by atoms with van der Waals surface area (Å²) < 4.78 is 0. The molecule has 0 aromatic rings. The average molecular weight is 226 g/mol. The third-order valence-electron chi connectivity index (χ3n) is 4.64. The smallest absolute Gasteiger partial charge is 0.0303 e. The van der Waals surface area contributed by atoms with Gasteiger partial charge in [-0.1, -0.05) is 80.1 Å². The van der Waals surface area contributed by atoms with Crippen LogP contribution in [0.2, 0.25) is 0 Å². The summed E-state index contributed by atoms with van der Waals surface area (Å²) in [5.41, 5.74) is 0.992. The molecule has 0 aliphatic rings. The number of hydrogen-bond acceptors (Lipinski definition) is 0. The molecule has 0 aliphatic carbocycles. The van der Waals surface area contributed by atoms with Crippen LogP contribution in [-0.4, -0.2) is 0 Å². The molecule has 16 heavy (non-hydrogen) atoms. The molecule has 0 fully saturated rings. The Morgan fingerprint density at radius 1 is 0.562 bits per heavy atom. The molecule has 0 aromatic heterocycles. The normalized spacial score (nSPS) is 13.1. The third kappa shape index (κ3) is 5.37. The molecule has 0 unspecified atom stereocenters. The topological polar surface area (TPSA) is 0 Å². The Morgan fingerprint density at radius 3 is 1.12 bits per heavy atom. The van der Waals surface area contributed by atoms with Crippen LogP contribution in [0.5, 0.6) is 0 Å². The minimum Gasteiger partial charge on any atom is -0.0654 e. The molecule has 0 aliphatic heterocycles. The van der Waals surface area contributed by atoms with Gasteiger partial charge in [0.25, 0.3) is 0 Å². The van der Waals surface area contributed by atoms with Gasteiger partial charge in [-0.3, -0.25) is 0 Å². The summed E-state index contributed by atoms with van der Waals surface area (Å²) in [4.78, 5) is 0. The van der Waals surface area contributed by atoms with E-state index in [4.69, 9.17) is 0 Å². The van der Waals surface area contributed by atoms with Gasteiger partial charge in [-0.2, -0.15) is 0 Å². The van der Waals surface area contributed by atoms with Crippen molar-refractivity contribution in [3.05, 3.63) is 0 Å². The van der Waals surface area contributed by atoms with Crippen molar-refractivity contribution in [2.45, 2.75) is 92.9 Å². The maximum absolute atomic E-state index is 2.47. The molecular weight excluding hydrogens is 192 g/mol. The van der Waals surface area contributed by atoms with Crippen molar-refractivity contribution in [3.63, 3.8) is 0 Å². The SMILES string of the molecule is CCCCCC(C)(C)C(C)(C)CCCCC. The molecule has 0 nitrogen and oxygen atoms in total. The molecule has 0 aromatic carbocycles. The molecular formula is C16H34. The van der Waals surface area contributed by atoms with Gasteiger partial charge in [0.1, 0.15) is 0 Å². The van der Waals surface area contributed by atoms with Gasteiger partial charge in [0, 0.05) is 0 Å². The Hall–Kier alpha value is 0. The van der Waals surface area contributed by atoms with E-state index in [-0.39, 0.29) is 0 Å². The molecule has 98 valence electrons. The summed E-state index contributed by atoms with van der Waals surface area (Å²) in [5.74, 6) is 0. The van der Waals surface area contributed by atoms with Crippen LogP contribution in [-0.2, 0) is 0 Å². The Labute approximate surface area is 104 Å². The second-order valence-corrected chi connectivity index (χ2v) is 6.68. The average Bonchev–Trinajstić information content (AvgIpc) is 2.18. The highest BCUT2D eigenvalue weighted by atomic mass is 14.4. The fourth-order valence-corrected chi connectivity index (χ4v) is 2.31. The van der Waals surface area contributed by atoms with Gasteiger partial charge in [-0.05, 0) is 23.7 Å². The van der Waals surface area contributed by atoms with Crippen molar-refractivity contribution in [1.82, 2.24) is 0 Å². The first-order chi connectivity index (χ1) is 7.37. The van der Waals surface area contributed by atoms with Crippen molar-refractivity contribution < 1.29 is 0 Å². The lowest BCUT2D eigenvalue weighted by molar-refractivity contribution is 0.0817. The lowest BCUT2D eigenvalue weighted by Crippen LogP contribution is -2.32. The molecule has 0 N–H and O–H groups in total. The van der Waals surface area contributed by atoms with E-state index in [2.05, 4.69) is 41.5 Å². The van der Waals surface area contributed by atoms with Crippen molar-refractivity contribution >= 4 is 0 Å². The number of rotatable bonds is 9. The zero-order valence-electron chi connectivity index (χ0n) is 12.7. The molecule has 0 rings (SSSR count). The molecule has 0 heteroatoms. The number of unbranched alkanes of at least 4 members (excludes halogenated alkanes) is 4. The van der Waals surface area contributed by atoms with Crippen molar-refractivity contribution in [2.75, 3.05) is 0 Å². The summed E-state index contributed by atoms with van der Waals surface area (Å²) in [5, 5.41) is 0. The fraction of sp³-hybridized carbons (Fsp3) is 1.00. The summed E-state index contributed by atoms with van der Waals surface area (Å²) in [6, 6.07) is 0. The van der Waals surface area contributed by atoms with Crippen molar-refractivity contribution in [1.29, 1.82) is 0 Å². The zero-order valence-corrected chi connectivity index (χ0v) is 12.7. The van der Waals surface area contributed by atoms with Crippen LogP contribution in [0, 0.1) is 10.8 Å². The van der Waals surface area contributed by atoms with Crippen LogP contribution in [0.3, 0.4) is 0 Å². The van der Waals surface area contributed by atoms with E-state index in [1.807, 2.05) is 0 Å². The lowest BCUT2D eigenvalue weighted by atomic mass is 9.63. The second-order valence-electron chi connectivity index (χ2n) is 6.68. The van der Waals surface area contributed by atoms with Crippen LogP contribution in [0.15, 0.2) is 0 Å². The van der Waals surface area contributed by atoms with Gasteiger partial charge in [-0.25, -0.2) is 0 Å². The third-order valence-corrected chi connectivity index (χ3v) is 4.64. The largest absolute Gasteiger partial charge is 0.0654 e. The monoisotopic (exact) mass is 226 g/mol. The second kappa shape index (κ2) is 7.35. The maximum atomic E-state index is 2.47. The Kier molecular flexibility index (Phi) is 7.35. The van der Waals surface area contributed by atoms with E-state index in [1.165, 1.54) is 51.4 Å². The van der Waals surface area contributed by atoms with Crippen LogP contribution in [0.4, 0.5) is 0 Å². The van der Waals surface area contributed by atoms with E-state index in [9.17, 15) is 0 Å². The highest BCUT2D eigenvalue weighted by Gasteiger charge is 2.35. The predicted octanol–water partition coefficient (Wildman–Crippen LogP) is 6.20. The van der Waals surface area contributed by atoms with E-state index >= 15 is 0 Å². The van der Waals surface area contributed by atoms with Gasteiger partial charge >= 0.3 is 0 Å². The first-order valence-corrected chi connectivity index (χ1v) is 7.37. The van der Waals surface area contributed by atoms with Crippen molar-refractivity contribution in [3.8, 4) is 0 Å². The number of hydrogen-bond donors (Lipinski definition) is 0. The molecule has 0 amide bonds. The molecule has 0 bridgehead atoms. The van der Waals surface area contributed by atoms with E-state index < -0.39 is 0 Å². The van der Waals surface area contributed by atoms with Gasteiger partial charge < -0.3 is 0 Å². The Bertz CT molecular complexity index is 145. The summed E-state index contributed by atoms with van der Waals surface area (Å²) in [6.45, 7) is 14.4. The quantitative estimate of drug-likeness (QED) is 0.411. The molecule has 0 spiro atoms. The Balaban J connectivity index is 4.11. The van der Waals surface area contributed by atoms with Gasteiger partial charge in [-0.15, -0.1) is 0 Å². The zero-order chi connectivity index (χ0) is 12.7.